The Balaban J connectivity index is 2.09. The molecule has 3 saturated carbocycles. The summed E-state index contributed by atoms with van der Waals surface area (Å²) in [5, 5.41) is 11.7. The lowest BCUT2D eigenvalue weighted by molar-refractivity contribution is -0.133. The molecule has 0 aromatic heterocycles. The highest BCUT2D eigenvalue weighted by Gasteiger charge is 2.39. The average molecular weight is 295 g/mol. The minimum absolute atomic E-state index is 0.0513. The number of alkyl carbamates (subject to hydrolysis) is 1. The number of carbonyl (C=O) groups excluding carboxylic acids is 1. The highest BCUT2D eigenvalue weighted by atomic mass is 16.6. The van der Waals surface area contributed by atoms with Crippen LogP contribution in [0.2, 0.25) is 0 Å². The first kappa shape index (κ1) is 15.9. The van der Waals surface area contributed by atoms with Crippen molar-refractivity contribution in [1.82, 2.24) is 5.32 Å². The first-order valence-electron chi connectivity index (χ1n) is 7.65. The van der Waals surface area contributed by atoms with E-state index in [2.05, 4.69) is 5.32 Å². The Morgan fingerprint density at radius 2 is 1.71 bits per heavy atom. The number of ether oxygens (including phenoxy) is 1. The van der Waals surface area contributed by atoms with E-state index in [0.717, 1.165) is 44.4 Å². The van der Waals surface area contributed by atoms with E-state index in [1.807, 2.05) is 0 Å². The van der Waals surface area contributed by atoms with Crippen molar-refractivity contribution in [2.45, 2.75) is 64.9 Å². The zero-order chi connectivity index (χ0) is 15.7. The van der Waals surface area contributed by atoms with Crippen LogP contribution in [0.25, 0.3) is 0 Å². The van der Waals surface area contributed by atoms with Gasteiger partial charge in [-0.15, -0.1) is 0 Å². The second-order valence-electron chi connectivity index (χ2n) is 7.33. The van der Waals surface area contributed by atoms with E-state index in [9.17, 15) is 14.7 Å². The molecule has 1 amide bonds. The molecule has 0 spiro atoms. The molecule has 2 N–H and O–H groups in total. The molecule has 5 heteroatoms. The topological polar surface area (TPSA) is 75.6 Å². The molecule has 0 aromatic carbocycles. The normalized spacial score (nSPS) is 29.1. The quantitative estimate of drug-likeness (QED) is 0.782. The predicted molar refractivity (Wildman–Crippen MR) is 78.7 cm³/mol. The van der Waals surface area contributed by atoms with Gasteiger partial charge < -0.3 is 9.84 Å². The molecule has 0 aromatic rings. The maximum Gasteiger partial charge on any atom is 0.412 e. The summed E-state index contributed by atoms with van der Waals surface area (Å²) < 4.78 is 5.13. The number of rotatable bonds is 3. The molecule has 3 fully saturated rings. The van der Waals surface area contributed by atoms with Gasteiger partial charge in [-0.3, -0.25) is 5.32 Å². The van der Waals surface area contributed by atoms with Crippen molar-refractivity contribution < 1.29 is 19.4 Å². The van der Waals surface area contributed by atoms with Gasteiger partial charge in [0.2, 0.25) is 0 Å². The lowest BCUT2D eigenvalue weighted by Gasteiger charge is -2.45. The molecule has 0 heterocycles. The smallest absolute Gasteiger partial charge is 0.412 e. The van der Waals surface area contributed by atoms with E-state index in [-0.39, 0.29) is 11.1 Å². The molecule has 0 atom stereocenters. The van der Waals surface area contributed by atoms with Crippen LogP contribution >= 0.6 is 0 Å². The van der Waals surface area contributed by atoms with Crippen LogP contribution in [-0.2, 0) is 9.53 Å². The summed E-state index contributed by atoms with van der Waals surface area (Å²) in [7, 11) is 0. The summed E-state index contributed by atoms with van der Waals surface area (Å²) >= 11 is 0. The second-order valence-corrected chi connectivity index (χ2v) is 7.33. The summed E-state index contributed by atoms with van der Waals surface area (Å²) in [6.07, 6.45) is 7.59. The van der Waals surface area contributed by atoms with Crippen LogP contribution in [0, 0.1) is 11.3 Å². The van der Waals surface area contributed by atoms with Crippen LogP contribution in [0.15, 0.2) is 11.8 Å². The fourth-order valence-corrected chi connectivity index (χ4v) is 3.37. The highest BCUT2D eigenvalue weighted by molar-refractivity contribution is 5.90. The van der Waals surface area contributed by atoms with Gasteiger partial charge >= 0.3 is 12.1 Å². The summed E-state index contributed by atoms with van der Waals surface area (Å²) in [6, 6.07) is 0. The summed E-state index contributed by atoms with van der Waals surface area (Å²) in [4.78, 5) is 23.2. The SMILES string of the molecule is CC(C)(C)OC(=O)N/C(=C\C12CCC(CC1)CC2)C(=O)O. The molecule has 118 valence electrons. The van der Waals surface area contributed by atoms with E-state index in [4.69, 9.17) is 4.74 Å². The van der Waals surface area contributed by atoms with Gasteiger partial charge in [-0.05, 0) is 76.7 Å². The molecule has 5 nitrogen and oxygen atoms in total. The van der Waals surface area contributed by atoms with Crippen molar-refractivity contribution in [3.05, 3.63) is 11.8 Å². The van der Waals surface area contributed by atoms with Gasteiger partial charge in [-0.1, -0.05) is 0 Å². The zero-order valence-corrected chi connectivity index (χ0v) is 13.1. The highest BCUT2D eigenvalue weighted by Crippen LogP contribution is 2.51. The van der Waals surface area contributed by atoms with Gasteiger partial charge in [0.25, 0.3) is 0 Å². The Labute approximate surface area is 125 Å². The Kier molecular flexibility index (Phi) is 4.30. The first-order chi connectivity index (χ1) is 9.69. The molecular formula is C16H25NO4. The third kappa shape index (κ3) is 4.22. The van der Waals surface area contributed by atoms with Gasteiger partial charge in [0, 0.05) is 0 Å². The number of carbonyl (C=O) groups is 2. The zero-order valence-electron chi connectivity index (χ0n) is 13.1. The van der Waals surface area contributed by atoms with E-state index >= 15 is 0 Å². The molecule has 2 bridgehead atoms. The molecule has 21 heavy (non-hydrogen) atoms. The number of carboxylic acids is 1. The summed E-state index contributed by atoms with van der Waals surface area (Å²) in [5.74, 6) is -0.296. The Morgan fingerprint density at radius 1 is 1.19 bits per heavy atom. The fourth-order valence-electron chi connectivity index (χ4n) is 3.37. The van der Waals surface area contributed by atoms with Crippen molar-refractivity contribution >= 4 is 12.1 Å². The number of hydrogen-bond donors (Lipinski definition) is 2. The molecule has 3 aliphatic rings. The van der Waals surface area contributed by atoms with Crippen LogP contribution < -0.4 is 5.32 Å². The van der Waals surface area contributed by atoms with Gasteiger partial charge in [0.05, 0.1) is 0 Å². The Morgan fingerprint density at radius 3 is 2.14 bits per heavy atom. The third-order valence-corrected chi connectivity index (χ3v) is 4.47. The predicted octanol–water partition coefficient (Wildman–Crippen LogP) is 3.45. The van der Waals surface area contributed by atoms with Crippen molar-refractivity contribution in [2.24, 2.45) is 11.3 Å². The van der Waals surface area contributed by atoms with Crippen molar-refractivity contribution in [3.8, 4) is 0 Å². The molecule has 0 saturated heterocycles. The number of amides is 1. The number of allylic oxidation sites excluding steroid dienone is 1. The van der Waals surface area contributed by atoms with Crippen LogP contribution in [0.4, 0.5) is 4.79 Å². The Bertz CT molecular complexity index is 440. The lowest BCUT2D eigenvalue weighted by atomic mass is 9.60. The maximum absolute atomic E-state index is 11.8. The van der Waals surface area contributed by atoms with Crippen LogP contribution in [0.1, 0.15) is 59.3 Å². The summed E-state index contributed by atoms with van der Waals surface area (Å²) in [5.41, 5.74) is -0.753. The minimum Gasteiger partial charge on any atom is -0.477 e. The largest absolute Gasteiger partial charge is 0.477 e. The van der Waals surface area contributed by atoms with E-state index in [1.54, 1.807) is 26.8 Å². The molecular weight excluding hydrogens is 270 g/mol. The Hall–Kier alpha value is -1.52. The van der Waals surface area contributed by atoms with Crippen molar-refractivity contribution in [2.75, 3.05) is 0 Å². The van der Waals surface area contributed by atoms with Crippen LogP contribution in [0.5, 0.6) is 0 Å². The monoisotopic (exact) mass is 295 g/mol. The molecule has 3 rings (SSSR count). The first-order valence-corrected chi connectivity index (χ1v) is 7.65. The van der Waals surface area contributed by atoms with Gasteiger partial charge in [0.15, 0.2) is 0 Å². The lowest BCUT2D eigenvalue weighted by Crippen LogP contribution is -2.37. The molecule has 0 radical (unpaired) electrons. The standard InChI is InChI=1S/C16H25NO4/c1-15(2,3)21-14(20)17-12(13(18)19)10-16-7-4-11(5-8-16)6-9-16/h10-11H,4-9H2,1-3H3,(H,17,20)(H,18,19)/b12-10-. The van der Waals surface area contributed by atoms with Gasteiger partial charge in [-0.25, -0.2) is 9.59 Å². The second kappa shape index (κ2) is 5.70. The number of carboxylic acid groups (broad SMARTS) is 1. The molecule has 0 unspecified atom stereocenters. The van der Waals surface area contributed by atoms with Gasteiger partial charge in [0.1, 0.15) is 11.3 Å². The van der Waals surface area contributed by atoms with E-state index < -0.39 is 17.7 Å². The fraction of sp³-hybridized carbons (Fsp3) is 0.750. The van der Waals surface area contributed by atoms with Crippen molar-refractivity contribution in [3.63, 3.8) is 0 Å². The number of nitrogens with one attached hydrogen (secondary N) is 1. The molecule has 0 aliphatic heterocycles. The maximum atomic E-state index is 11.8. The van der Waals surface area contributed by atoms with E-state index in [0.29, 0.717) is 0 Å². The van der Waals surface area contributed by atoms with E-state index in [1.165, 1.54) is 0 Å². The summed E-state index contributed by atoms with van der Waals surface area (Å²) in [6.45, 7) is 5.24. The van der Waals surface area contributed by atoms with Gasteiger partial charge in [-0.2, -0.15) is 0 Å². The minimum atomic E-state index is -1.11. The van der Waals surface area contributed by atoms with Crippen molar-refractivity contribution in [1.29, 1.82) is 0 Å². The number of fused-ring (bicyclic) bond motifs is 3. The van der Waals surface area contributed by atoms with Crippen LogP contribution in [0.3, 0.4) is 0 Å². The third-order valence-electron chi connectivity index (χ3n) is 4.47. The number of hydrogen-bond acceptors (Lipinski definition) is 3. The molecule has 3 aliphatic carbocycles. The van der Waals surface area contributed by atoms with Crippen LogP contribution in [-0.4, -0.2) is 22.8 Å². The number of aliphatic carboxylic acids is 1. The average Bonchev–Trinajstić information content (AvgIpc) is 2.37.